The molecular formula is C15H28O3. The predicted octanol–water partition coefficient (Wildman–Crippen LogP) is 3.01. The van der Waals surface area contributed by atoms with Gasteiger partial charge in [-0.3, -0.25) is 0 Å². The first-order valence-electron chi connectivity index (χ1n) is 7.16. The van der Waals surface area contributed by atoms with Crippen LogP contribution in [0, 0.1) is 23.7 Å². The molecule has 0 amide bonds. The van der Waals surface area contributed by atoms with Crippen molar-refractivity contribution >= 4 is 5.97 Å². The van der Waals surface area contributed by atoms with Gasteiger partial charge in [0.2, 0.25) is 0 Å². The van der Waals surface area contributed by atoms with Crippen LogP contribution in [0.1, 0.15) is 53.4 Å². The number of carbonyl (C=O) groups is 1. The Hall–Kier alpha value is -0.570. The van der Waals surface area contributed by atoms with E-state index in [1.54, 1.807) is 0 Å². The Bertz CT molecular complexity index is 285. The minimum absolute atomic E-state index is 0.0266. The molecule has 3 unspecified atom stereocenters. The molecule has 0 aromatic carbocycles. The highest BCUT2D eigenvalue weighted by Crippen LogP contribution is 2.44. The summed E-state index contributed by atoms with van der Waals surface area (Å²) in [4.78, 5) is 12.1. The van der Waals surface area contributed by atoms with Gasteiger partial charge in [-0.15, -0.1) is 0 Å². The van der Waals surface area contributed by atoms with E-state index < -0.39 is 11.6 Å². The minimum Gasteiger partial charge on any atom is -0.467 e. The maximum absolute atomic E-state index is 12.1. The number of methoxy groups -OCH3 is 1. The first-order valence-corrected chi connectivity index (χ1v) is 7.16. The van der Waals surface area contributed by atoms with Crippen LogP contribution in [0.2, 0.25) is 0 Å². The maximum Gasteiger partial charge on any atom is 0.338 e. The van der Waals surface area contributed by atoms with Crippen molar-refractivity contribution in [3.05, 3.63) is 0 Å². The van der Waals surface area contributed by atoms with Gasteiger partial charge in [-0.1, -0.05) is 40.5 Å². The van der Waals surface area contributed by atoms with E-state index in [4.69, 9.17) is 4.74 Å². The molecule has 0 aromatic heterocycles. The maximum atomic E-state index is 12.1. The molecule has 1 aliphatic rings. The number of esters is 1. The number of aliphatic hydroxyl groups is 1. The second kappa shape index (κ2) is 6.05. The van der Waals surface area contributed by atoms with Gasteiger partial charge < -0.3 is 9.84 Å². The lowest BCUT2D eigenvalue weighted by Gasteiger charge is -2.45. The van der Waals surface area contributed by atoms with E-state index in [9.17, 15) is 9.90 Å². The standard InChI is InChI=1S/C15H28O3/c1-10(2)12-8-6-7-9-13(12)15(17,11(3)4)14(16)18-5/h10-13,17H,6-9H2,1-5H3. The molecule has 1 aliphatic carbocycles. The molecular weight excluding hydrogens is 228 g/mol. The smallest absolute Gasteiger partial charge is 0.338 e. The lowest BCUT2D eigenvalue weighted by atomic mass is 9.63. The lowest BCUT2D eigenvalue weighted by Crippen LogP contribution is -2.54. The summed E-state index contributed by atoms with van der Waals surface area (Å²) in [5.41, 5.74) is -1.33. The number of hydrogen-bond acceptors (Lipinski definition) is 3. The molecule has 3 atom stereocenters. The van der Waals surface area contributed by atoms with Crippen LogP contribution in [0.5, 0.6) is 0 Å². The third-order valence-electron chi connectivity index (χ3n) is 4.63. The summed E-state index contributed by atoms with van der Waals surface area (Å²) in [7, 11) is 1.36. The first kappa shape index (κ1) is 15.5. The number of ether oxygens (including phenoxy) is 1. The molecule has 18 heavy (non-hydrogen) atoms. The Morgan fingerprint density at radius 2 is 1.78 bits per heavy atom. The summed E-state index contributed by atoms with van der Waals surface area (Å²) in [6.07, 6.45) is 4.33. The van der Waals surface area contributed by atoms with Crippen molar-refractivity contribution in [1.82, 2.24) is 0 Å². The average molecular weight is 256 g/mol. The zero-order valence-electron chi connectivity index (χ0n) is 12.4. The quantitative estimate of drug-likeness (QED) is 0.786. The van der Waals surface area contributed by atoms with Gasteiger partial charge in [0.25, 0.3) is 0 Å². The first-order chi connectivity index (χ1) is 8.35. The largest absolute Gasteiger partial charge is 0.467 e. The fraction of sp³-hybridized carbons (Fsp3) is 0.933. The summed E-state index contributed by atoms with van der Waals surface area (Å²) >= 11 is 0. The second-order valence-electron chi connectivity index (χ2n) is 6.27. The molecule has 0 saturated heterocycles. The van der Waals surface area contributed by atoms with Crippen molar-refractivity contribution in [2.24, 2.45) is 23.7 Å². The van der Waals surface area contributed by atoms with Crippen molar-refractivity contribution in [3.8, 4) is 0 Å². The third kappa shape index (κ3) is 2.71. The molecule has 0 bridgehead atoms. The van der Waals surface area contributed by atoms with Crippen molar-refractivity contribution in [1.29, 1.82) is 0 Å². The lowest BCUT2D eigenvalue weighted by molar-refractivity contribution is -0.182. The van der Waals surface area contributed by atoms with Crippen LogP contribution in [0.25, 0.3) is 0 Å². The molecule has 0 aromatic rings. The SMILES string of the molecule is COC(=O)C(O)(C(C)C)C1CCCCC1C(C)C. The number of rotatable bonds is 4. The molecule has 1 saturated carbocycles. The van der Waals surface area contributed by atoms with Gasteiger partial charge in [-0.05, 0) is 30.6 Å². The Labute approximate surface area is 111 Å². The van der Waals surface area contributed by atoms with Crippen LogP contribution in [0.15, 0.2) is 0 Å². The third-order valence-corrected chi connectivity index (χ3v) is 4.63. The van der Waals surface area contributed by atoms with Crippen LogP contribution in [-0.2, 0) is 9.53 Å². The Morgan fingerprint density at radius 1 is 1.22 bits per heavy atom. The zero-order valence-corrected chi connectivity index (χ0v) is 12.4. The van der Waals surface area contributed by atoms with Crippen LogP contribution >= 0.6 is 0 Å². The summed E-state index contributed by atoms with van der Waals surface area (Å²) in [5, 5.41) is 10.9. The van der Waals surface area contributed by atoms with E-state index >= 15 is 0 Å². The number of carbonyl (C=O) groups excluding carboxylic acids is 1. The highest BCUT2D eigenvalue weighted by atomic mass is 16.5. The summed E-state index contributed by atoms with van der Waals surface area (Å²) in [5.74, 6) is 0.346. The molecule has 106 valence electrons. The molecule has 1 fully saturated rings. The highest BCUT2D eigenvalue weighted by molar-refractivity contribution is 5.80. The van der Waals surface area contributed by atoms with E-state index in [1.165, 1.54) is 13.5 Å². The molecule has 1 rings (SSSR count). The average Bonchev–Trinajstić information content (AvgIpc) is 2.36. The van der Waals surface area contributed by atoms with E-state index in [-0.39, 0.29) is 11.8 Å². The van der Waals surface area contributed by atoms with Crippen LogP contribution in [0.4, 0.5) is 0 Å². The van der Waals surface area contributed by atoms with Crippen LogP contribution in [0.3, 0.4) is 0 Å². The number of hydrogen-bond donors (Lipinski definition) is 1. The van der Waals surface area contributed by atoms with Gasteiger partial charge in [0, 0.05) is 5.92 Å². The summed E-state index contributed by atoms with van der Waals surface area (Å²) in [6.45, 7) is 8.17. The van der Waals surface area contributed by atoms with Crippen LogP contribution < -0.4 is 0 Å². The van der Waals surface area contributed by atoms with Gasteiger partial charge in [0.05, 0.1) is 7.11 Å². The minimum atomic E-state index is -1.33. The van der Waals surface area contributed by atoms with Gasteiger partial charge in [0.15, 0.2) is 5.60 Å². The zero-order chi connectivity index (χ0) is 13.9. The monoisotopic (exact) mass is 256 g/mol. The second-order valence-corrected chi connectivity index (χ2v) is 6.27. The molecule has 0 aliphatic heterocycles. The normalized spacial score (nSPS) is 28.2. The van der Waals surface area contributed by atoms with Gasteiger partial charge in [0.1, 0.15) is 0 Å². The van der Waals surface area contributed by atoms with Gasteiger partial charge >= 0.3 is 5.97 Å². The van der Waals surface area contributed by atoms with Crippen molar-refractivity contribution in [2.45, 2.75) is 59.0 Å². The fourth-order valence-corrected chi connectivity index (χ4v) is 3.48. The fourth-order valence-electron chi connectivity index (χ4n) is 3.48. The van der Waals surface area contributed by atoms with E-state index in [0.717, 1.165) is 19.3 Å². The highest BCUT2D eigenvalue weighted by Gasteiger charge is 2.51. The molecule has 3 nitrogen and oxygen atoms in total. The van der Waals surface area contributed by atoms with E-state index in [0.29, 0.717) is 11.8 Å². The molecule has 0 heterocycles. The summed E-state index contributed by atoms with van der Waals surface area (Å²) in [6, 6.07) is 0. The Morgan fingerprint density at radius 3 is 2.22 bits per heavy atom. The topological polar surface area (TPSA) is 46.5 Å². The van der Waals surface area contributed by atoms with Crippen LogP contribution in [-0.4, -0.2) is 23.8 Å². The van der Waals surface area contributed by atoms with E-state index in [1.807, 2.05) is 13.8 Å². The van der Waals surface area contributed by atoms with Crippen molar-refractivity contribution < 1.29 is 14.6 Å². The van der Waals surface area contributed by atoms with E-state index in [2.05, 4.69) is 13.8 Å². The Kier molecular flexibility index (Phi) is 5.20. The Balaban J connectivity index is 3.06. The van der Waals surface area contributed by atoms with Crippen molar-refractivity contribution in [2.75, 3.05) is 7.11 Å². The molecule has 3 heteroatoms. The predicted molar refractivity (Wildman–Crippen MR) is 72.1 cm³/mol. The molecule has 0 spiro atoms. The van der Waals surface area contributed by atoms with Gasteiger partial charge in [-0.25, -0.2) is 4.79 Å². The molecule has 1 N–H and O–H groups in total. The van der Waals surface area contributed by atoms with Gasteiger partial charge in [-0.2, -0.15) is 0 Å². The van der Waals surface area contributed by atoms with Crippen molar-refractivity contribution in [3.63, 3.8) is 0 Å². The summed E-state index contributed by atoms with van der Waals surface area (Å²) < 4.78 is 4.87. The molecule has 0 radical (unpaired) electrons.